The lowest BCUT2D eigenvalue weighted by atomic mass is 9.90. The van der Waals surface area contributed by atoms with Crippen LogP contribution in [0.2, 0.25) is 0 Å². The molecule has 4 heterocycles. The Morgan fingerprint density at radius 3 is 2.31 bits per heavy atom. The van der Waals surface area contributed by atoms with Crippen LogP contribution in [0.3, 0.4) is 0 Å². The van der Waals surface area contributed by atoms with Crippen LogP contribution in [0.4, 0.5) is 0 Å². The third-order valence-electron chi connectivity index (χ3n) is 7.56. The van der Waals surface area contributed by atoms with Crippen molar-refractivity contribution < 1.29 is 4.42 Å². The zero-order chi connectivity index (χ0) is 27.6. The third-order valence-corrected chi connectivity index (χ3v) is 9.76. The average molecular weight is 578 g/mol. The molecular formula is C34H19N5OS2. The van der Waals surface area contributed by atoms with Gasteiger partial charge in [-0.1, -0.05) is 71.9 Å². The van der Waals surface area contributed by atoms with Gasteiger partial charge < -0.3 is 4.42 Å². The molecule has 0 spiro atoms. The summed E-state index contributed by atoms with van der Waals surface area (Å²) >= 11 is 3.44. The first-order valence-corrected chi connectivity index (χ1v) is 15.1. The van der Waals surface area contributed by atoms with Gasteiger partial charge in [-0.15, -0.1) is 27.8 Å². The van der Waals surface area contributed by atoms with Crippen molar-refractivity contribution in [2.45, 2.75) is 0 Å². The van der Waals surface area contributed by atoms with Crippen LogP contribution >= 0.6 is 22.7 Å². The van der Waals surface area contributed by atoms with Crippen molar-refractivity contribution in [3.63, 3.8) is 0 Å². The number of para-hydroxylation sites is 3. The standard InChI is InChI=1S/C34H19N5OS2/c1-5-14-27-19(8-1)18-29(41-27)22-17-16-20(21-9-7-12-25-32(21)38-39-37-25)31(34-36-24-11-3-6-15-28(24)42-34)30(22)33-35-23-10-2-4-13-26(23)40-33/h1-18H,(H,37,38,39). The first-order valence-electron chi connectivity index (χ1n) is 13.5. The maximum absolute atomic E-state index is 6.53. The minimum atomic E-state index is 0.562. The van der Waals surface area contributed by atoms with Crippen molar-refractivity contribution in [2.24, 2.45) is 0 Å². The van der Waals surface area contributed by atoms with Crippen molar-refractivity contribution in [1.29, 1.82) is 0 Å². The third kappa shape index (κ3) is 3.62. The molecule has 0 amide bonds. The van der Waals surface area contributed by atoms with Crippen molar-refractivity contribution in [3.8, 4) is 43.6 Å². The molecule has 198 valence electrons. The Labute approximate surface area is 246 Å². The average Bonchev–Trinajstić information content (AvgIpc) is 3.84. The van der Waals surface area contributed by atoms with E-state index in [0.717, 1.165) is 70.1 Å². The Morgan fingerprint density at radius 2 is 1.43 bits per heavy atom. The second kappa shape index (κ2) is 9.17. The van der Waals surface area contributed by atoms with Crippen LogP contribution < -0.4 is 0 Å². The number of oxazole rings is 1. The Hall–Kier alpha value is -5.18. The monoisotopic (exact) mass is 577 g/mol. The Kier molecular flexibility index (Phi) is 5.13. The predicted molar refractivity (Wildman–Crippen MR) is 172 cm³/mol. The maximum atomic E-state index is 6.53. The number of aromatic amines is 1. The zero-order valence-corrected chi connectivity index (χ0v) is 23.5. The highest BCUT2D eigenvalue weighted by molar-refractivity contribution is 7.22. The van der Waals surface area contributed by atoms with E-state index in [2.05, 4.69) is 82.1 Å². The van der Waals surface area contributed by atoms with E-state index in [1.54, 1.807) is 22.7 Å². The first kappa shape index (κ1) is 23.5. The van der Waals surface area contributed by atoms with E-state index in [9.17, 15) is 0 Å². The maximum Gasteiger partial charge on any atom is 0.228 e. The fourth-order valence-electron chi connectivity index (χ4n) is 5.64. The normalized spacial score (nSPS) is 11.8. The number of hydrogen-bond donors (Lipinski definition) is 1. The molecule has 4 aromatic heterocycles. The Balaban J connectivity index is 1.44. The number of rotatable bonds is 4. The lowest BCUT2D eigenvalue weighted by molar-refractivity contribution is 0.620. The number of thiazole rings is 1. The summed E-state index contributed by atoms with van der Waals surface area (Å²) in [6.07, 6.45) is 0. The summed E-state index contributed by atoms with van der Waals surface area (Å²) in [6.45, 7) is 0. The van der Waals surface area contributed by atoms with Gasteiger partial charge in [0, 0.05) is 26.3 Å². The molecule has 9 aromatic rings. The number of H-pyrrole nitrogens is 1. The van der Waals surface area contributed by atoms with Gasteiger partial charge in [-0.2, -0.15) is 0 Å². The number of nitrogens with zero attached hydrogens (tertiary/aromatic N) is 4. The van der Waals surface area contributed by atoms with E-state index in [0.29, 0.717) is 5.89 Å². The molecule has 0 unspecified atom stereocenters. The van der Waals surface area contributed by atoms with Gasteiger partial charge >= 0.3 is 0 Å². The minimum absolute atomic E-state index is 0.562. The molecule has 5 aromatic carbocycles. The second-order valence-electron chi connectivity index (χ2n) is 10.0. The van der Waals surface area contributed by atoms with E-state index in [1.807, 2.05) is 42.5 Å². The van der Waals surface area contributed by atoms with Crippen LogP contribution in [0.25, 0.3) is 86.0 Å². The highest BCUT2D eigenvalue weighted by atomic mass is 32.1. The smallest absolute Gasteiger partial charge is 0.228 e. The predicted octanol–water partition coefficient (Wildman–Crippen LogP) is 9.59. The lowest BCUT2D eigenvalue weighted by Crippen LogP contribution is -1.94. The summed E-state index contributed by atoms with van der Waals surface area (Å²) in [5.41, 5.74) is 9.09. The molecule has 0 bridgehead atoms. The zero-order valence-electron chi connectivity index (χ0n) is 21.9. The summed E-state index contributed by atoms with van der Waals surface area (Å²) in [4.78, 5) is 11.3. The summed E-state index contributed by atoms with van der Waals surface area (Å²) in [7, 11) is 0. The second-order valence-corrected chi connectivity index (χ2v) is 12.2. The number of nitrogens with one attached hydrogen (secondary N) is 1. The van der Waals surface area contributed by atoms with Crippen LogP contribution in [0.15, 0.2) is 114 Å². The van der Waals surface area contributed by atoms with E-state index < -0.39 is 0 Å². The van der Waals surface area contributed by atoms with Crippen molar-refractivity contribution in [3.05, 3.63) is 109 Å². The van der Waals surface area contributed by atoms with E-state index in [-0.39, 0.29) is 0 Å². The van der Waals surface area contributed by atoms with Crippen molar-refractivity contribution in [2.75, 3.05) is 0 Å². The molecule has 0 atom stereocenters. The van der Waals surface area contributed by atoms with Gasteiger partial charge in [-0.05, 0) is 53.4 Å². The van der Waals surface area contributed by atoms with Gasteiger partial charge in [0.05, 0.1) is 21.3 Å². The highest BCUT2D eigenvalue weighted by Crippen LogP contribution is 2.49. The molecule has 0 radical (unpaired) electrons. The topological polar surface area (TPSA) is 80.5 Å². The number of thiophene rings is 1. The molecule has 0 aliphatic heterocycles. The van der Waals surface area contributed by atoms with Gasteiger partial charge in [-0.25, -0.2) is 9.97 Å². The van der Waals surface area contributed by atoms with Crippen molar-refractivity contribution >= 4 is 65.1 Å². The van der Waals surface area contributed by atoms with Crippen LogP contribution in [0.5, 0.6) is 0 Å². The van der Waals surface area contributed by atoms with Gasteiger partial charge in [0.1, 0.15) is 16.0 Å². The molecule has 0 saturated carbocycles. The minimum Gasteiger partial charge on any atom is -0.436 e. The van der Waals surface area contributed by atoms with Crippen LogP contribution in [0, 0.1) is 0 Å². The lowest BCUT2D eigenvalue weighted by Gasteiger charge is -2.16. The first-order chi connectivity index (χ1) is 20.8. The summed E-state index contributed by atoms with van der Waals surface area (Å²) < 4.78 is 8.88. The molecule has 6 nitrogen and oxygen atoms in total. The molecular weight excluding hydrogens is 559 g/mol. The summed E-state index contributed by atoms with van der Waals surface area (Å²) in [5, 5.41) is 13.7. The molecule has 0 saturated heterocycles. The largest absolute Gasteiger partial charge is 0.436 e. The van der Waals surface area contributed by atoms with Crippen LogP contribution in [0.1, 0.15) is 0 Å². The number of benzene rings is 5. The fraction of sp³-hybridized carbons (Fsp3) is 0. The fourth-order valence-corrected chi connectivity index (χ4v) is 7.76. The number of hydrogen-bond acceptors (Lipinski definition) is 7. The van der Waals surface area contributed by atoms with Gasteiger partial charge in [0.2, 0.25) is 5.89 Å². The number of aromatic nitrogens is 5. The summed E-state index contributed by atoms with van der Waals surface area (Å²) in [6, 6.07) is 37.3. The quantitative estimate of drug-likeness (QED) is 0.225. The van der Waals surface area contributed by atoms with Crippen LogP contribution in [-0.4, -0.2) is 25.4 Å². The Bertz CT molecular complexity index is 2350. The van der Waals surface area contributed by atoms with Gasteiger partial charge in [-0.3, -0.25) is 5.10 Å². The molecule has 0 aliphatic carbocycles. The van der Waals surface area contributed by atoms with Crippen molar-refractivity contribution in [1.82, 2.24) is 25.4 Å². The molecule has 1 N–H and O–H groups in total. The molecule has 0 aliphatic rings. The van der Waals surface area contributed by atoms with Gasteiger partial charge in [0.15, 0.2) is 5.58 Å². The molecule has 0 fully saturated rings. The van der Waals surface area contributed by atoms with Crippen LogP contribution in [-0.2, 0) is 0 Å². The molecule has 9 rings (SSSR count). The molecule has 42 heavy (non-hydrogen) atoms. The highest BCUT2D eigenvalue weighted by Gasteiger charge is 2.27. The van der Waals surface area contributed by atoms with E-state index in [4.69, 9.17) is 14.4 Å². The SMILES string of the molecule is c1ccc2sc(-c3ccc(-c4cccc5[nH]nnc45)c(-c4nc5ccccc5s4)c3-c3nc4ccccc4o3)cc2c1. The van der Waals surface area contributed by atoms with Gasteiger partial charge in [0.25, 0.3) is 0 Å². The summed E-state index contributed by atoms with van der Waals surface area (Å²) in [5.74, 6) is 0.562. The van der Waals surface area contributed by atoms with E-state index >= 15 is 0 Å². The molecule has 8 heteroatoms. The number of fused-ring (bicyclic) bond motifs is 4. The Morgan fingerprint density at radius 1 is 0.619 bits per heavy atom. The van der Waals surface area contributed by atoms with E-state index in [1.165, 1.54) is 10.1 Å².